The number of benzene rings is 1. The molecule has 4 N–H and O–H groups in total. The lowest BCUT2D eigenvalue weighted by molar-refractivity contribution is -0.122. The van der Waals surface area contributed by atoms with Crippen molar-refractivity contribution in [3.05, 3.63) is 29.8 Å². The van der Waals surface area contributed by atoms with Crippen LogP contribution in [0.25, 0.3) is 0 Å². The first-order valence-corrected chi connectivity index (χ1v) is 8.68. The molecule has 0 spiro atoms. The van der Waals surface area contributed by atoms with Gasteiger partial charge in [0.15, 0.2) is 12.6 Å². The Balaban J connectivity index is 2.37. The molecule has 0 aliphatic heterocycles. The van der Waals surface area contributed by atoms with Gasteiger partial charge < -0.3 is 21.1 Å². The van der Waals surface area contributed by atoms with Gasteiger partial charge in [0.1, 0.15) is 5.75 Å². The zero-order chi connectivity index (χ0) is 17.6. The third kappa shape index (κ3) is 9.02. The topological polar surface area (TPSA) is 88.7 Å². The van der Waals surface area contributed by atoms with E-state index < -0.39 is 0 Å². The van der Waals surface area contributed by atoms with Gasteiger partial charge in [0.05, 0.1) is 6.54 Å². The van der Waals surface area contributed by atoms with E-state index in [1.54, 1.807) is 0 Å². The maximum Gasteiger partial charge on any atom is 0.257 e. The monoisotopic (exact) mass is 334 g/mol. The number of hydrogen-bond donors (Lipinski definition) is 3. The highest BCUT2D eigenvalue weighted by Crippen LogP contribution is 2.14. The van der Waals surface area contributed by atoms with Crippen LogP contribution in [0.1, 0.15) is 45.1 Å². The van der Waals surface area contributed by atoms with Gasteiger partial charge in [-0.05, 0) is 31.0 Å². The molecule has 6 nitrogen and oxygen atoms in total. The minimum Gasteiger partial charge on any atom is -0.484 e. The zero-order valence-corrected chi connectivity index (χ0v) is 14.8. The van der Waals surface area contributed by atoms with Crippen LogP contribution in [-0.2, 0) is 11.3 Å². The molecule has 0 aliphatic carbocycles. The Labute approximate surface area is 144 Å². The van der Waals surface area contributed by atoms with Crippen LogP contribution in [0.2, 0.25) is 0 Å². The lowest BCUT2D eigenvalue weighted by atomic mass is 10.2. The second kappa shape index (κ2) is 12.2. The molecular weight excluding hydrogens is 304 g/mol. The number of nitrogens with one attached hydrogen (secondary N) is 2. The zero-order valence-electron chi connectivity index (χ0n) is 14.8. The Morgan fingerprint density at radius 1 is 1.21 bits per heavy atom. The van der Waals surface area contributed by atoms with Crippen LogP contribution in [0.4, 0.5) is 0 Å². The molecule has 0 bridgehead atoms. The summed E-state index contributed by atoms with van der Waals surface area (Å²) in [5.74, 6) is 0.984. The lowest BCUT2D eigenvalue weighted by Crippen LogP contribution is -2.32. The second-order valence-electron chi connectivity index (χ2n) is 5.58. The summed E-state index contributed by atoms with van der Waals surface area (Å²) in [6.45, 7) is 6.01. The molecule has 0 unspecified atom stereocenters. The number of amides is 1. The average Bonchev–Trinajstić information content (AvgIpc) is 2.59. The summed E-state index contributed by atoms with van der Waals surface area (Å²) in [4.78, 5) is 15.7. The van der Waals surface area contributed by atoms with Crippen molar-refractivity contribution in [2.24, 2.45) is 10.7 Å². The fraction of sp³-hybridized carbons (Fsp3) is 0.556. The number of rotatable bonds is 11. The summed E-state index contributed by atoms with van der Waals surface area (Å²) in [7, 11) is 0. The molecule has 0 saturated heterocycles. The summed E-state index contributed by atoms with van der Waals surface area (Å²) < 4.78 is 5.46. The summed E-state index contributed by atoms with van der Waals surface area (Å²) in [6.07, 6.45) is 4.79. The van der Waals surface area contributed by atoms with Crippen LogP contribution >= 0.6 is 0 Å². The number of nitrogens with two attached hydrogens (primary N) is 1. The number of carbonyl (C=O) groups excluding carboxylic acids is 1. The van der Waals surface area contributed by atoms with Gasteiger partial charge in [0, 0.05) is 13.1 Å². The number of carbonyl (C=O) groups is 1. The molecule has 1 rings (SSSR count). The Bertz CT molecular complexity index is 517. The predicted molar refractivity (Wildman–Crippen MR) is 98.1 cm³/mol. The molecule has 0 radical (unpaired) electrons. The predicted octanol–water partition coefficient (Wildman–Crippen LogP) is 2.19. The van der Waals surface area contributed by atoms with Crippen LogP contribution in [0, 0.1) is 0 Å². The molecular formula is C18H30N4O2. The lowest BCUT2D eigenvalue weighted by Gasteiger charge is -2.08. The van der Waals surface area contributed by atoms with Crippen molar-refractivity contribution in [1.29, 1.82) is 0 Å². The molecule has 0 saturated carbocycles. The first-order chi connectivity index (χ1) is 11.7. The number of guanidine groups is 1. The van der Waals surface area contributed by atoms with E-state index in [0.717, 1.165) is 18.5 Å². The van der Waals surface area contributed by atoms with Crippen LogP contribution in [0.15, 0.2) is 29.3 Å². The van der Waals surface area contributed by atoms with E-state index >= 15 is 0 Å². The highest BCUT2D eigenvalue weighted by atomic mass is 16.5. The number of likely N-dealkylation sites (N-methyl/N-ethyl adjacent to an activating group) is 1. The standard InChI is InChI=1S/C18H30N4O2/c1-3-5-6-7-11-21-18(19)22-13-15-9-8-10-16(12-15)24-14-17(23)20-4-2/h8-10,12H,3-7,11,13-14H2,1-2H3,(H,20,23)(H3,19,21,22). The maximum absolute atomic E-state index is 11.4. The second-order valence-corrected chi connectivity index (χ2v) is 5.58. The average molecular weight is 334 g/mol. The molecule has 1 aromatic carbocycles. The van der Waals surface area contributed by atoms with Crippen molar-refractivity contribution in [2.45, 2.75) is 46.1 Å². The molecule has 24 heavy (non-hydrogen) atoms. The largest absolute Gasteiger partial charge is 0.484 e. The number of unbranched alkanes of at least 4 members (excludes halogenated alkanes) is 3. The molecule has 0 heterocycles. The van der Waals surface area contributed by atoms with Gasteiger partial charge in [-0.3, -0.25) is 4.79 Å². The van der Waals surface area contributed by atoms with Crippen LogP contribution < -0.4 is 21.1 Å². The number of hydrogen-bond acceptors (Lipinski definition) is 3. The Hall–Kier alpha value is -2.24. The maximum atomic E-state index is 11.4. The Morgan fingerprint density at radius 2 is 2.04 bits per heavy atom. The normalized spacial score (nSPS) is 11.2. The van der Waals surface area contributed by atoms with E-state index in [9.17, 15) is 4.79 Å². The SMILES string of the molecule is CCCCCCNC(N)=NCc1cccc(OCC(=O)NCC)c1. The molecule has 1 amide bonds. The molecule has 6 heteroatoms. The molecule has 0 aliphatic rings. The molecule has 0 fully saturated rings. The Morgan fingerprint density at radius 3 is 2.79 bits per heavy atom. The molecule has 0 aromatic heterocycles. The first kappa shape index (κ1) is 19.8. The minimum atomic E-state index is -0.127. The molecule has 1 aromatic rings. The van der Waals surface area contributed by atoms with Crippen molar-refractivity contribution >= 4 is 11.9 Å². The van der Waals surface area contributed by atoms with E-state index in [2.05, 4.69) is 22.5 Å². The highest BCUT2D eigenvalue weighted by molar-refractivity contribution is 5.78. The summed E-state index contributed by atoms with van der Waals surface area (Å²) in [6, 6.07) is 7.53. The number of ether oxygens (including phenoxy) is 1. The van der Waals surface area contributed by atoms with Gasteiger partial charge in [-0.1, -0.05) is 38.3 Å². The first-order valence-electron chi connectivity index (χ1n) is 8.68. The number of aliphatic imine (C=N–C) groups is 1. The van der Waals surface area contributed by atoms with Crippen molar-refractivity contribution in [1.82, 2.24) is 10.6 Å². The van der Waals surface area contributed by atoms with Gasteiger partial charge in [0.2, 0.25) is 0 Å². The molecule has 134 valence electrons. The fourth-order valence-electron chi connectivity index (χ4n) is 2.13. The fourth-order valence-corrected chi connectivity index (χ4v) is 2.13. The third-order valence-electron chi connectivity index (χ3n) is 3.41. The minimum absolute atomic E-state index is 0.0159. The van der Waals surface area contributed by atoms with E-state index in [1.165, 1.54) is 19.3 Å². The van der Waals surface area contributed by atoms with Crippen molar-refractivity contribution < 1.29 is 9.53 Å². The van der Waals surface area contributed by atoms with E-state index in [-0.39, 0.29) is 12.5 Å². The number of nitrogens with zero attached hydrogens (tertiary/aromatic N) is 1. The van der Waals surface area contributed by atoms with Crippen LogP contribution in [0.3, 0.4) is 0 Å². The molecule has 0 atom stereocenters. The van der Waals surface area contributed by atoms with Crippen molar-refractivity contribution in [3.8, 4) is 5.75 Å². The summed E-state index contributed by atoms with van der Waals surface area (Å²) in [5.41, 5.74) is 6.85. The highest BCUT2D eigenvalue weighted by Gasteiger charge is 2.02. The Kier molecular flexibility index (Phi) is 10.1. The summed E-state index contributed by atoms with van der Waals surface area (Å²) >= 11 is 0. The van der Waals surface area contributed by atoms with Crippen molar-refractivity contribution in [3.63, 3.8) is 0 Å². The van der Waals surface area contributed by atoms with Crippen LogP contribution in [-0.4, -0.2) is 31.6 Å². The quantitative estimate of drug-likeness (QED) is 0.329. The van der Waals surface area contributed by atoms with Gasteiger partial charge in [-0.25, -0.2) is 4.99 Å². The van der Waals surface area contributed by atoms with Gasteiger partial charge in [-0.15, -0.1) is 0 Å². The smallest absolute Gasteiger partial charge is 0.257 e. The van der Waals surface area contributed by atoms with E-state index in [1.807, 2.05) is 31.2 Å². The third-order valence-corrected chi connectivity index (χ3v) is 3.41. The van der Waals surface area contributed by atoms with Gasteiger partial charge in [0.25, 0.3) is 5.91 Å². The summed E-state index contributed by atoms with van der Waals surface area (Å²) in [5, 5.41) is 5.82. The van der Waals surface area contributed by atoms with Gasteiger partial charge >= 0.3 is 0 Å². The van der Waals surface area contributed by atoms with E-state index in [0.29, 0.717) is 24.8 Å². The van der Waals surface area contributed by atoms with Gasteiger partial charge in [-0.2, -0.15) is 0 Å². The van der Waals surface area contributed by atoms with Crippen molar-refractivity contribution in [2.75, 3.05) is 19.7 Å². The van der Waals surface area contributed by atoms with E-state index in [4.69, 9.17) is 10.5 Å². The van der Waals surface area contributed by atoms with Crippen LogP contribution in [0.5, 0.6) is 5.75 Å².